The molecule has 1 aromatic carbocycles. The first kappa shape index (κ1) is 17.3. The molecule has 0 aliphatic heterocycles. The number of nitrogens with one attached hydrogen (secondary N) is 1. The number of anilines is 1. The van der Waals surface area contributed by atoms with Crippen molar-refractivity contribution in [3.8, 4) is 17.0 Å². The highest BCUT2D eigenvalue weighted by Gasteiger charge is 2.35. The van der Waals surface area contributed by atoms with Crippen LogP contribution in [0.25, 0.3) is 11.3 Å². The minimum absolute atomic E-state index is 0.194. The Morgan fingerprint density at radius 1 is 1.39 bits per heavy atom. The van der Waals surface area contributed by atoms with E-state index in [2.05, 4.69) is 10.3 Å². The van der Waals surface area contributed by atoms with Crippen molar-refractivity contribution in [3.63, 3.8) is 0 Å². The molecule has 0 aliphatic rings. The first-order valence-electron chi connectivity index (χ1n) is 6.88. The smallest absolute Gasteiger partial charge is 0.419 e. The fraction of sp³-hybridized carbons (Fsp3) is 0.333. The molecule has 0 unspecified atom stereocenters. The summed E-state index contributed by atoms with van der Waals surface area (Å²) in [6, 6.07) is 3.83. The topological polar surface area (TPSA) is 51.2 Å². The van der Waals surface area contributed by atoms with E-state index >= 15 is 0 Å². The molecule has 1 heterocycles. The second-order valence-electron chi connectivity index (χ2n) is 4.78. The minimum atomic E-state index is -4.52. The molecule has 0 radical (unpaired) electrons. The number of hydrogen-bond acceptors (Lipinski definition) is 4. The zero-order chi connectivity index (χ0) is 17.0. The molecule has 124 valence electrons. The summed E-state index contributed by atoms with van der Waals surface area (Å²) in [5.41, 5.74) is -0.155. The van der Waals surface area contributed by atoms with Gasteiger partial charge in [-0.05, 0) is 24.6 Å². The Bertz CT molecular complexity index is 698. The van der Waals surface area contributed by atoms with Crippen molar-refractivity contribution < 1.29 is 22.7 Å². The second-order valence-corrected chi connectivity index (χ2v) is 5.63. The van der Waals surface area contributed by atoms with Crippen LogP contribution in [-0.4, -0.2) is 17.5 Å². The fourth-order valence-corrected chi connectivity index (χ4v) is 2.63. The maximum absolute atomic E-state index is 13.2. The molecule has 8 heteroatoms. The number of halogens is 3. The standard InChI is InChI=1S/C15H15F3N2O2S/c1-3-6-22-13-5-4-10(7-11(13)15(16,17)18)12-8-23-14(20-12)19-9(2)21/h4-5,7-8H,3,6H2,1-2H3,(H,19,20,21). The van der Waals surface area contributed by atoms with E-state index in [9.17, 15) is 18.0 Å². The molecule has 2 aromatic rings. The number of ether oxygens (including phenoxy) is 1. The molecule has 2 rings (SSSR count). The lowest BCUT2D eigenvalue weighted by Gasteiger charge is -2.14. The molecule has 4 nitrogen and oxygen atoms in total. The van der Waals surface area contributed by atoms with Crippen molar-refractivity contribution in [2.75, 3.05) is 11.9 Å². The number of hydrogen-bond donors (Lipinski definition) is 1. The maximum atomic E-state index is 13.2. The van der Waals surface area contributed by atoms with Gasteiger partial charge >= 0.3 is 6.18 Å². The first-order chi connectivity index (χ1) is 10.8. The predicted octanol–water partition coefficient (Wildman–Crippen LogP) is 4.58. The maximum Gasteiger partial charge on any atom is 0.419 e. The van der Waals surface area contributed by atoms with Crippen molar-refractivity contribution in [1.29, 1.82) is 0 Å². The third-order valence-electron chi connectivity index (χ3n) is 2.83. The molecular formula is C15H15F3N2O2S. The van der Waals surface area contributed by atoms with Crippen LogP contribution in [0.15, 0.2) is 23.6 Å². The Morgan fingerprint density at radius 2 is 2.13 bits per heavy atom. The van der Waals surface area contributed by atoms with Gasteiger partial charge in [-0.1, -0.05) is 6.92 Å². The van der Waals surface area contributed by atoms with E-state index in [1.807, 2.05) is 6.92 Å². The van der Waals surface area contributed by atoms with Crippen LogP contribution in [0.1, 0.15) is 25.8 Å². The average Bonchev–Trinajstić information content (AvgIpc) is 2.91. The minimum Gasteiger partial charge on any atom is -0.493 e. The Hall–Kier alpha value is -2.09. The normalized spacial score (nSPS) is 11.3. The number of amides is 1. The first-order valence-corrected chi connectivity index (χ1v) is 7.76. The summed E-state index contributed by atoms with van der Waals surface area (Å²) in [5, 5.41) is 4.43. The van der Waals surface area contributed by atoms with Crippen LogP contribution in [0.4, 0.5) is 18.3 Å². The SMILES string of the molecule is CCCOc1ccc(-c2csc(NC(C)=O)n2)cc1C(F)(F)F. The molecule has 1 N–H and O–H groups in total. The Balaban J connectivity index is 2.36. The van der Waals surface area contributed by atoms with Crippen molar-refractivity contribution in [3.05, 3.63) is 29.1 Å². The lowest BCUT2D eigenvalue weighted by molar-refractivity contribution is -0.138. The van der Waals surface area contributed by atoms with Gasteiger partial charge in [0, 0.05) is 17.9 Å². The van der Waals surface area contributed by atoms with Crippen LogP contribution in [-0.2, 0) is 11.0 Å². The largest absolute Gasteiger partial charge is 0.493 e. The van der Waals surface area contributed by atoms with Gasteiger partial charge in [0.05, 0.1) is 17.9 Å². The Morgan fingerprint density at radius 3 is 2.74 bits per heavy atom. The van der Waals surface area contributed by atoms with E-state index < -0.39 is 11.7 Å². The lowest BCUT2D eigenvalue weighted by atomic mass is 10.1. The summed E-state index contributed by atoms with van der Waals surface area (Å²) in [6.07, 6.45) is -3.90. The van der Waals surface area contributed by atoms with Crippen LogP contribution >= 0.6 is 11.3 Å². The Kier molecular flexibility index (Phi) is 5.25. The van der Waals surface area contributed by atoms with Crippen molar-refractivity contribution in [2.45, 2.75) is 26.4 Å². The van der Waals surface area contributed by atoms with Crippen LogP contribution in [0.5, 0.6) is 5.75 Å². The zero-order valence-electron chi connectivity index (χ0n) is 12.5. The highest BCUT2D eigenvalue weighted by Crippen LogP contribution is 2.39. The number of alkyl halides is 3. The summed E-state index contributed by atoms with van der Waals surface area (Å²) in [5.74, 6) is -0.481. The summed E-state index contributed by atoms with van der Waals surface area (Å²) in [6.45, 7) is 3.37. The van der Waals surface area contributed by atoms with Crippen molar-refractivity contribution >= 4 is 22.4 Å². The molecule has 23 heavy (non-hydrogen) atoms. The van der Waals surface area contributed by atoms with Gasteiger partial charge in [-0.15, -0.1) is 11.3 Å². The van der Waals surface area contributed by atoms with E-state index in [1.165, 1.54) is 19.1 Å². The van der Waals surface area contributed by atoms with E-state index in [-0.39, 0.29) is 18.3 Å². The molecule has 0 atom stereocenters. The third kappa shape index (κ3) is 4.44. The summed E-state index contributed by atoms with van der Waals surface area (Å²) in [4.78, 5) is 15.1. The molecule has 0 spiro atoms. The monoisotopic (exact) mass is 344 g/mol. The van der Waals surface area contributed by atoms with Gasteiger partial charge < -0.3 is 10.1 Å². The van der Waals surface area contributed by atoms with Crippen LogP contribution in [0.3, 0.4) is 0 Å². The van der Waals surface area contributed by atoms with Gasteiger partial charge in [0.2, 0.25) is 5.91 Å². The number of carbonyl (C=O) groups is 1. The summed E-state index contributed by atoms with van der Waals surface area (Å²) >= 11 is 1.15. The number of aromatic nitrogens is 1. The number of rotatable bonds is 5. The van der Waals surface area contributed by atoms with Crippen LogP contribution < -0.4 is 10.1 Å². The molecular weight excluding hydrogens is 329 g/mol. The molecule has 0 bridgehead atoms. The molecule has 0 aliphatic carbocycles. The van der Waals surface area contributed by atoms with Gasteiger partial charge in [0.1, 0.15) is 5.75 Å². The number of thiazole rings is 1. The summed E-state index contributed by atoms with van der Waals surface area (Å²) < 4.78 is 44.7. The van der Waals surface area contributed by atoms with E-state index in [0.29, 0.717) is 22.8 Å². The van der Waals surface area contributed by atoms with Crippen molar-refractivity contribution in [2.24, 2.45) is 0 Å². The molecule has 0 saturated carbocycles. The van der Waals surface area contributed by atoms with Gasteiger partial charge in [0.25, 0.3) is 0 Å². The zero-order valence-corrected chi connectivity index (χ0v) is 13.3. The second kappa shape index (κ2) is 6.99. The van der Waals surface area contributed by atoms with E-state index in [4.69, 9.17) is 4.74 Å². The number of carbonyl (C=O) groups excluding carboxylic acids is 1. The fourth-order valence-electron chi connectivity index (χ4n) is 1.86. The average molecular weight is 344 g/mol. The van der Waals surface area contributed by atoms with E-state index in [0.717, 1.165) is 17.4 Å². The number of benzene rings is 1. The molecule has 1 amide bonds. The van der Waals surface area contributed by atoms with Crippen LogP contribution in [0.2, 0.25) is 0 Å². The lowest BCUT2D eigenvalue weighted by Crippen LogP contribution is -2.09. The quantitative estimate of drug-likeness (QED) is 0.864. The van der Waals surface area contributed by atoms with Crippen LogP contribution in [0, 0.1) is 0 Å². The summed E-state index contributed by atoms with van der Waals surface area (Å²) in [7, 11) is 0. The molecule has 1 aromatic heterocycles. The van der Waals surface area contributed by atoms with Gasteiger partial charge in [0.15, 0.2) is 5.13 Å². The van der Waals surface area contributed by atoms with E-state index in [1.54, 1.807) is 5.38 Å². The highest BCUT2D eigenvalue weighted by molar-refractivity contribution is 7.14. The predicted molar refractivity (Wildman–Crippen MR) is 82.6 cm³/mol. The Labute approximate surface area is 135 Å². The number of nitrogens with zero attached hydrogens (tertiary/aromatic N) is 1. The van der Waals surface area contributed by atoms with Gasteiger partial charge in [-0.25, -0.2) is 4.98 Å². The van der Waals surface area contributed by atoms with Gasteiger partial charge in [-0.3, -0.25) is 4.79 Å². The highest BCUT2D eigenvalue weighted by atomic mass is 32.1. The molecule has 0 saturated heterocycles. The van der Waals surface area contributed by atoms with Crippen molar-refractivity contribution in [1.82, 2.24) is 4.98 Å². The molecule has 0 fully saturated rings. The van der Waals surface area contributed by atoms with Gasteiger partial charge in [-0.2, -0.15) is 13.2 Å². The third-order valence-corrected chi connectivity index (χ3v) is 3.59.